The zero-order valence-corrected chi connectivity index (χ0v) is 11.9. The topological polar surface area (TPSA) is 61.0 Å². The number of nitrogens with two attached hydrogens (primary N) is 1. The van der Waals surface area contributed by atoms with Crippen LogP contribution in [0.3, 0.4) is 0 Å². The Morgan fingerprint density at radius 3 is 2.56 bits per heavy atom. The minimum atomic E-state index is 0.374. The first-order valence-electron chi connectivity index (χ1n) is 5.57. The second-order valence-corrected chi connectivity index (χ2v) is 4.83. The van der Waals surface area contributed by atoms with Gasteiger partial charge in [-0.2, -0.15) is 5.10 Å². The number of benzene rings is 1. The van der Waals surface area contributed by atoms with E-state index in [1.54, 1.807) is 12.3 Å². The molecule has 5 heteroatoms. The quantitative estimate of drug-likeness (QED) is 0.946. The molecule has 0 fully saturated rings. The molecule has 0 bridgehead atoms. The summed E-state index contributed by atoms with van der Waals surface area (Å²) in [6, 6.07) is 5.71. The van der Waals surface area contributed by atoms with Gasteiger partial charge in [0.15, 0.2) is 0 Å². The van der Waals surface area contributed by atoms with Crippen LogP contribution in [0.1, 0.15) is 16.7 Å². The van der Waals surface area contributed by atoms with Crippen molar-refractivity contribution in [2.24, 2.45) is 5.73 Å². The van der Waals surface area contributed by atoms with Crippen molar-refractivity contribution in [3.05, 3.63) is 45.6 Å². The lowest BCUT2D eigenvalue weighted by atomic mass is 10.1. The van der Waals surface area contributed by atoms with E-state index in [2.05, 4.69) is 26.1 Å². The number of hydrogen-bond acceptors (Lipinski definition) is 4. The highest BCUT2D eigenvalue weighted by atomic mass is 79.9. The van der Waals surface area contributed by atoms with E-state index in [4.69, 9.17) is 10.5 Å². The minimum absolute atomic E-state index is 0.374. The van der Waals surface area contributed by atoms with Crippen LogP contribution in [-0.4, -0.2) is 10.2 Å². The summed E-state index contributed by atoms with van der Waals surface area (Å²) in [6.45, 7) is 4.41. The molecule has 0 amide bonds. The van der Waals surface area contributed by atoms with Crippen molar-refractivity contribution < 1.29 is 4.74 Å². The predicted molar refractivity (Wildman–Crippen MR) is 73.6 cm³/mol. The number of nitrogens with zero attached hydrogens (tertiary/aromatic N) is 2. The molecule has 2 aromatic rings. The van der Waals surface area contributed by atoms with Crippen molar-refractivity contribution in [2.75, 3.05) is 0 Å². The van der Waals surface area contributed by atoms with Gasteiger partial charge in [0, 0.05) is 16.6 Å². The van der Waals surface area contributed by atoms with E-state index < -0.39 is 0 Å². The molecule has 0 atom stereocenters. The van der Waals surface area contributed by atoms with Crippen LogP contribution in [0.5, 0.6) is 11.6 Å². The highest BCUT2D eigenvalue weighted by molar-refractivity contribution is 9.10. The van der Waals surface area contributed by atoms with Gasteiger partial charge in [0.05, 0.1) is 6.20 Å². The Morgan fingerprint density at radius 2 is 1.94 bits per heavy atom. The summed E-state index contributed by atoms with van der Waals surface area (Å²) in [6.07, 6.45) is 1.60. The van der Waals surface area contributed by atoms with E-state index in [1.807, 2.05) is 26.0 Å². The fourth-order valence-electron chi connectivity index (χ4n) is 1.66. The van der Waals surface area contributed by atoms with Crippen molar-refractivity contribution >= 4 is 15.9 Å². The summed E-state index contributed by atoms with van der Waals surface area (Å²) in [4.78, 5) is 0. The van der Waals surface area contributed by atoms with Crippen molar-refractivity contribution in [3.63, 3.8) is 0 Å². The lowest BCUT2D eigenvalue weighted by molar-refractivity contribution is 0.447. The molecule has 0 saturated carbocycles. The summed E-state index contributed by atoms with van der Waals surface area (Å²) in [5.74, 6) is 1.20. The van der Waals surface area contributed by atoms with Crippen LogP contribution in [0.4, 0.5) is 0 Å². The molecule has 0 radical (unpaired) electrons. The van der Waals surface area contributed by atoms with Crippen molar-refractivity contribution in [1.29, 1.82) is 0 Å². The van der Waals surface area contributed by atoms with Crippen LogP contribution in [0.15, 0.2) is 28.9 Å². The van der Waals surface area contributed by atoms with Crippen molar-refractivity contribution in [2.45, 2.75) is 20.4 Å². The van der Waals surface area contributed by atoms with E-state index in [0.29, 0.717) is 12.4 Å². The molecule has 2 rings (SSSR count). The SMILES string of the molecule is Cc1cc(Oc2nnccc2CN)cc(C)c1Br. The maximum atomic E-state index is 5.74. The van der Waals surface area contributed by atoms with Crippen LogP contribution < -0.4 is 10.5 Å². The van der Waals surface area contributed by atoms with Crippen LogP contribution >= 0.6 is 15.9 Å². The molecular formula is C13H14BrN3O. The second-order valence-electron chi connectivity index (χ2n) is 4.04. The summed E-state index contributed by atoms with van der Waals surface area (Å²) < 4.78 is 6.83. The van der Waals surface area contributed by atoms with Gasteiger partial charge in [0.25, 0.3) is 0 Å². The number of aryl methyl sites for hydroxylation is 2. The summed E-state index contributed by atoms with van der Waals surface area (Å²) in [5.41, 5.74) is 8.70. The van der Waals surface area contributed by atoms with Gasteiger partial charge in [-0.1, -0.05) is 15.9 Å². The average molecular weight is 308 g/mol. The maximum absolute atomic E-state index is 5.74. The molecule has 1 aromatic carbocycles. The Bertz CT molecular complexity index is 549. The number of rotatable bonds is 3. The molecule has 0 aliphatic heterocycles. The van der Waals surface area contributed by atoms with Crippen LogP contribution in [0, 0.1) is 13.8 Å². The molecule has 2 N–H and O–H groups in total. The van der Waals surface area contributed by atoms with E-state index in [9.17, 15) is 0 Å². The third-order valence-electron chi connectivity index (χ3n) is 2.61. The third-order valence-corrected chi connectivity index (χ3v) is 3.86. The van der Waals surface area contributed by atoms with Gasteiger partial charge in [0.2, 0.25) is 5.88 Å². The normalized spacial score (nSPS) is 10.4. The van der Waals surface area contributed by atoms with Gasteiger partial charge in [-0.05, 0) is 43.2 Å². The molecule has 1 aromatic heterocycles. The minimum Gasteiger partial charge on any atom is -0.437 e. The highest BCUT2D eigenvalue weighted by Gasteiger charge is 2.08. The van der Waals surface area contributed by atoms with Crippen LogP contribution in [0.25, 0.3) is 0 Å². The second kappa shape index (κ2) is 5.46. The summed E-state index contributed by atoms with van der Waals surface area (Å²) >= 11 is 3.52. The first-order valence-corrected chi connectivity index (χ1v) is 6.36. The Labute approximate surface area is 114 Å². The van der Waals surface area contributed by atoms with Gasteiger partial charge in [-0.3, -0.25) is 0 Å². The molecule has 0 aliphatic rings. The van der Waals surface area contributed by atoms with E-state index in [1.165, 1.54) is 0 Å². The standard InChI is InChI=1S/C13H14BrN3O/c1-8-5-11(6-9(2)12(8)14)18-13-10(7-15)3-4-16-17-13/h3-6H,7,15H2,1-2H3. The lowest BCUT2D eigenvalue weighted by Gasteiger charge is -2.10. The number of ether oxygens (including phenoxy) is 1. The monoisotopic (exact) mass is 307 g/mol. The molecule has 0 aliphatic carbocycles. The predicted octanol–water partition coefficient (Wildman–Crippen LogP) is 3.11. The van der Waals surface area contributed by atoms with Crippen LogP contribution in [0.2, 0.25) is 0 Å². The third kappa shape index (κ3) is 2.68. The number of hydrogen-bond donors (Lipinski definition) is 1. The first kappa shape index (κ1) is 13.0. The molecule has 0 spiro atoms. The average Bonchev–Trinajstić information content (AvgIpc) is 2.36. The highest BCUT2D eigenvalue weighted by Crippen LogP contribution is 2.29. The largest absolute Gasteiger partial charge is 0.437 e. The zero-order chi connectivity index (χ0) is 13.1. The number of aromatic nitrogens is 2. The van der Waals surface area contributed by atoms with Crippen LogP contribution in [-0.2, 0) is 6.54 Å². The fourth-order valence-corrected chi connectivity index (χ4v) is 1.89. The summed E-state index contributed by atoms with van der Waals surface area (Å²) in [7, 11) is 0. The van der Waals surface area contributed by atoms with Crippen molar-refractivity contribution in [3.8, 4) is 11.6 Å². The molecule has 94 valence electrons. The molecule has 4 nitrogen and oxygen atoms in total. The van der Waals surface area contributed by atoms with Gasteiger partial charge >= 0.3 is 0 Å². The van der Waals surface area contributed by atoms with E-state index in [-0.39, 0.29) is 0 Å². The Morgan fingerprint density at radius 1 is 1.28 bits per heavy atom. The van der Waals surface area contributed by atoms with E-state index in [0.717, 1.165) is 26.9 Å². The molecular weight excluding hydrogens is 294 g/mol. The van der Waals surface area contributed by atoms with Gasteiger partial charge in [-0.25, -0.2) is 0 Å². The Kier molecular flexibility index (Phi) is 3.93. The van der Waals surface area contributed by atoms with Gasteiger partial charge < -0.3 is 10.5 Å². The smallest absolute Gasteiger partial charge is 0.243 e. The maximum Gasteiger partial charge on any atom is 0.243 e. The first-order chi connectivity index (χ1) is 8.61. The van der Waals surface area contributed by atoms with Gasteiger partial charge in [-0.15, -0.1) is 5.10 Å². The molecule has 0 saturated heterocycles. The molecule has 18 heavy (non-hydrogen) atoms. The number of halogens is 1. The molecule has 1 heterocycles. The Balaban J connectivity index is 2.34. The zero-order valence-electron chi connectivity index (χ0n) is 10.3. The summed E-state index contributed by atoms with van der Waals surface area (Å²) in [5, 5.41) is 7.77. The van der Waals surface area contributed by atoms with Gasteiger partial charge in [0.1, 0.15) is 5.75 Å². The molecule has 0 unspecified atom stereocenters. The lowest BCUT2D eigenvalue weighted by Crippen LogP contribution is -2.02. The van der Waals surface area contributed by atoms with Crippen molar-refractivity contribution in [1.82, 2.24) is 10.2 Å². The van der Waals surface area contributed by atoms with E-state index >= 15 is 0 Å². The Hall–Kier alpha value is -1.46. The fraction of sp³-hybridized carbons (Fsp3) is 0.231.